The minimum atomic E-state index is -0.0465. The Balaban J connectivity index is 1.89. The quantitative estimate of drug-likeness (QED) is 0.714. The standard InChI is InChI=1S/C20H15ClN2O/c21-19-8-3-16(4-9-19)13-23-14-18(7-10-20(23)24)17-5-1-15(2-6-17)11-12-22/h1-10,14H,11,13H2. The average Bonchev–Trinajstić information content (AvgIpc) is 2.60. The monoisotopic (exact) mass is 334 g/mol. The predicted octanol–water partition coefficient (Wildman–Crippen LogP) is 4.28. The molecule has 1 aromatic heterocycles. The Morgan fingerprint density at radius 2 is 1.50 bits per heavy atom. The van der Waals surface area contributed by atoms with E-state index in [2.05, 4.69) is 6.07 Å². The van der Waals surface area contributed by atoms with Crippen LogP contribution in [0.15, 0.2) is 71.7 Å². The smallest absolute Gasteiger partial charge is 0.250 e. The molecule has 3 nitrogen and oxygen atoms in total. The van der Waals surface area contributed by atoms with Crippen LogP contribution in [0.5, 0.6) is 0 Å². The highest BCUT2D eigenvalue weighted by Crippen LogP contribution is 2.19. The van der Waals surface area contributed by atoms with Gasteiger partial charge >= 0.3 is 0 Å². The number of nitrogens with zero attached hydrogens (tertiary/aromatic N) is 2. The summed E-state index contributed by atoms with van der Waals surface area (Å²) in [4.78, 5) is 12.1. The van der Waals surface area contributed by atoms with Gasteiger partial charge in [-0.25, -0.2) is 0 Å². The van der Waals surface area contributed by atoms with Gasteiger partial charge in [0.15, 0.2) is 0 Å². The van der Waals surface area contributed by atoms with E-state index < -0.39 is 0 Å². The molecule has 3 aromatic rings. The molecule has 0 saturated carbocycles. The second-order valence-corrected chi connectivity index (χ2v) is 5.98. The summed E-state index contributed by atoms with van der Waals surface area (Å²) >= 11 is 5.90. The molecule has 0 unspecified atom stereocenters. The van der Waals surface area contributed by atoms with Crippen LogP contribution in [-0.2, 0) is 13.0 Å². The van der Waals surface area contributed by atoms with E-state index in [0.29, 0.717) is 18.0 Å². The summed E-state index contributed by atoms with van der Waals surface area (Å²) in [6.07, 6.45) is 2.26. The zero-order chi connectivity index (χ0) is 16.9. The van der Waals surface area contributed by atoms with Crippen molar-refractivity contribution in [1.82, 2.24) is 4.57 Å². The topological polar surface area (TPSA) is 45.8 Å². The van der Waals surface area contributed by atoms with Crippen molar-refractivity contribution in [2.75, 3.05) is 0 Å². The fourth-order valence-corrected chi connectivity index (χ4v) is 2.64. The van der Waals surface area contributed by atoms with Crippen LogP contribution in [0.2, 0.25) is 5.02 Å². The van der Waals surface area contributed by atoms with Gasteiger partial charge in [-0.1, -0.05) is 48.0 Å². The number of pyridine rings is 1. The van der Waals surface area contributed by atoms with Gasteiger partial charge in [-0.2, -0.15) is 5.26 Å². The van der Waals surface area contributed by atoms with E-state index in [1.54, 1.807) is 10.6 Å². The first-order valence-corrected chi connectivity index (χ1v) is 7.95. The van der Waals surface area contributed by atoms with Crippen molar-refractivity contribution in [1.29, 1.82) is 5.26 Å². The third kappa shape index (κ3) is 3.73. The predicted molar refractivity (Wildman–Crippen MR) is 96.0 cm³/mol. The van der Waals surface area contributed by atoms with Crippen molar-refractivity contribution in [2.45, 2.75) is 13.0 Å². The van der Waals surface area contributed by atoms with E-state index in [9.17, 15) is 4.79 Å². The average molecular weight is 335 g/mol. The Labute approximate surface area is 145 Å². The molecule has 1 heterocycles. The van der Waals surface area contributed by atoms with Gasteiger partial charge in [0, 0.05) is 17.3 Å². The van der Waals surface area contributed by atoms with Crippen LogP contribution in [0.1, 0.15) is 11.1 Å². The molecule has 24 heavy (non-hydrogen) atoms. The maximum Gasteiger partial charge on any atom is 0.250 e. The highest BCUT2D eigenvalue weighted by Gasteiger charge is 2.03. The van der Waals surface area contributed by atoms with E-state index in [4.69, 9.17) is 16.9 Å². The van der Waals surface area contributed by atoms with E-state index in [1.165, 1.54) is 0 Å². The van der Waals surface area contributed by atoms with Crippen molar-refractivity contribution in [3.8, 4) is 17.2 Å². The fourth-order valence-electron chi connectivity index (χ4n) is 2.52. The Morgan fingerprint density at radius 1 is 0.875 bits per heavy atom. The lowest BCUT2D eigenvalue weighted by atomic mass is 10.0. The van der Waals surface area contributed by atoms with Gasteiger partial charge in [0.25, 0.3) is 5.56 Å². The van der Waals surface area contributed by atoms with Gasteiger partial charge in [0.05, 0.1) is 19.0 Å². The van der Waals surface area contributed by atoms with Gasteiger partial charge < -0.3 is 4.57 Å². The normalized spacial score (nSPS) is 10.3. The highest BCUT2D eigenvalue weighted by atomic mass is 35.5. The molecule has 118 valence electrons. The van der Waals surface area contributed by atoms with Crippen LogP contribution in [0.3, 0.4) is 0 Å². The molecule has 4 heteroatoms. The molecule has 2 aromatic carbocycles. The number of rotatable bonds is 4. The zero-order valence-corrected chi connectivity index (χ0v) is 13.7. The van der Waals surface area contributed by atoms with Crippen LogP contribution < -0.4 is 5.56 Å². The fraction of sp³-hybridized carbons (Fsp3) is 0.100. The van der Waals surface area contributed by atoms with E-state index in [1.807, 2.05) is 60.8 Å². The van der Waals surface area contributed by atoms with E-state index in [0.717, 1.165) is 22.3 Å². The largest absolute Gasteiger partial charge is 0.310 e. The highest BCUT2D eigenvalue weighted by molar-refractivity contribution is 6.30. The third-order valence-electron chi connectivity index (χ3n) is 3.82. The lowest BCUT2D eigenvalue weighted by molar-refractivity contribution is 0.761. The number of benzene rings is 2. The SMILES string of the molecule is N#CCc1ccc(-c2ccc(=O)n(Cc3ccc(Cl)cc3)c2)cc1. The van der Waals surface area contributed by atoms with Gasteiger partial charge in [0.2, 0.25) is 0 Å². The minimum Gasteiger partial charge on any atom is -0.310 e. The van der Waals surface area contributed by atoms with Crippen LogP contribution in [0, 0.1) is 11.3 Å². The maximum atomic E-state index is 12.1. The van der Waals surface area contributed by atoms with Crippen molar-refractivity contribution < 1.29 is 0 Å². The van der Waals surface area contributed by atoms with Crippen LogP contribution in [0.25, 0.3) is 11.1 Å². The minimum absolute atomic E-state index is 0.0465. The second kappa shape index (κ2) is 7.16. The van der Waals surface area contributed by atoms with Crippen molar-refractivity contribution >= 4 is 11.6 Å². The van der Waals surface area contributed by atoms with Crippen molar-refractivity contribution in [3.63, 3.8) is 0 Å². The Hall–Kier alpha value is -2.83. The molecular formula is C20H15ClN2O. The van der Waals surface area contributed by atoms with Gasteiger partial charge in [0.1, 0.15) is 0 Å². The van der Waals surface area contributed by atoms with E-state index in [-0.39, 0.29) is 5.56 Å². The van der Waals surface area contributed by atoms with Crippen LogP contribution in [-0.4, -0.2) is 4.57 Å². The Morgan fingerprint density at radius 3 is 2.17 bits per heavy atom. The molecule has 0 aliphatic rings. The zero-order valence-electron chi connectivity index (χ0n) is 12.9. The van der Waals surface area contributed by atoms with Gasteiger partial charge in [-0.05, 0) is 40.5 Å². The summed E-state index contributed by atoms with van der Waals surface area (Å²) in [6, 6.07) is 20.8. The third-order valence-corrected chi connectivity index (χ3v) is 4.07. The Bertz CT molecular complexity index is 935. The summed E-state index contributed by atoms with van der Waals surface area (Å²) in [6.45, 7) is 0.496. The van der Waals surface area contributed by atoms with Gasteiger partial charge in [-0.15, -0.1) is 0 Å². The van der Waals surface area contributed by atoms with Crippen LogP contribution in [0.4, 0.5) is 0 Å². The van der Waals surface area contributed by atoms with Crippen molar-refractivity contribution in [2.24, 2.45) is 0 Å². The lowest BCUT2D eigenvalue weighted by Crippen LogP contribution is -2.19. The first-order chi connectivity index (χ1) is 11.7. The van der Waals surface area contributed by atoms with E-state index >= 15 is 0 Å². The molecule has 0 fully saturated rings. The summed E-state index contributed by atoms with van der Waals surface area (Å²) in [5, 5.41) is 9.41. The molecule has 0 aliphatic heterocycles. The number of hydrogen-bond donors (Lipinski definition) is 0. The first kappa shape index (κ1) is 16.0. The number of hydrogen-bond acceptors (Lipinski definition) is 2. The molecule has 0 radical (unpaired) electrons. The summed E-state index contributed by atoms with van der Waals surface area (Å²) in [5.74, 6) is 0. The number of nitriles is 1. The second-order valence-electron chi connectivity index (χ2n) is 5.54. The molecule has 0 atom stereocenters. The molecule has 0 spiro atoms. The van der Waals surface area contributed by atoms with Crippen LogP contribution >= 0.6 is 11.6 Å². The molecular weight excluding hydrogens is 320 g/mol. The number of aromatic nitrogens is 1. The molecule has 0 bridgehead atoms. The number of halogens is 1. The molecule has 0 saturated heterocycles. The summed E-state index contributed by atoms with van der Waals surface area (Å²) in [5.41, 5.74) is 3.93. The lowest BCUT2D eigenvalue weighted by Gasteiger charge is -2.09. The van der Waals surface area contributed by atoms with Gasteiger partial charge in [-0.3, -0.25) is 4.79 Å². The maximum absolute atomic E-state index is 12.1. The molecule has 0 amide bonds. The molecule has 0 N–H and O–H groups in total. The molecule has 0 aliphatic carbocycles. The summed E-state index contributed by atoms with van der Waals surface area (Å²) < 4.78 is 1.68. The Kier molecular flexibility index (Phi) is 4.79. The molecule has 3 rings (SSSR count). The van der Waals surface area contributed by atoms with Crippen molar-refractivity contribution in [3.05, 3.63) is 93.4 Å². The summed E-state index contributed by atoms with van der Waals surface area (Å²) in [7, 11) is 0. The first-order valence-electron chi connectivity index (χ1n) is 7.57.